The van der Waals surface area contributed by atoms with Crippen molar-refractivity contribution in [3.05, 3.63) is 51.2 Å². The molecule has 1 aromatic heterocycles. The SMILES string of the molecule is CNC(Cc1ccccc1OC)c1sc(C)cc1C. The number of nitrogens with one attached hydrogen (secondary N) is 1. The van der Waals surface area contributed by atoms with Crippen molar-refractivity contribution in [1.82, 2.24) is 5.32 Å². The van der Waals surface area contributed by atoms with Crippen molar-refractivity contribution in [3.8, 4) is 5.75 Å². The summed E-state index contributed by atoms with van der Waals surface area (Å²) in [4.78, 5) is 2.79. The van der Waals surface area contributed by atoms with Crippen LogP contribution in [0.1, 0.15) is 26.9 Å². The van der Waals surface area contributed by atoms with E-state index in [2.05, 4.69) is 37.4 Å². The maximum absolute atomic E-state index is 5.44. The fraction of sp³-hybridized carbons (Fsp3) is 0.375. The van der Waals surface area contributed by atoms with Crippen LogP contribution in [0.2, 0.25) is 0 Å². The second kappa shape index (κ2) is 6.22. The van der Waals surface area contributed by atoms with Gasteiger partial charge in [0.1, 0.15) is 5.75 Å². The van der Waals surface area contributed by atoms with Crippen LogP contribution in [-0.2, 0) is 6.42 Å². The Hall–Kier alpha value is -1.32. The molecule has 3 heteroatoms. The Balaban J connectivity index is 2.26. The Morgan fingerprint density at radius 1 is 1.26 bits per heavy atom. The van der Waals surface area contributed by atoms with E-state index in [9.17, 15) is 0 Å². The molecule has 0 aliphatic heterocycles. The maximum atomic E-state index is 5.44. The van der Waals surface area contributed by atoms with E-state index < -0.39 is 0 Å². The van der Waals surface area contributed by atoms with Gasteiger partial charge in [0, 0.05) is 15.8 Å². The summed E-state index contributed by atoms with van der Waals surface area (Å²) in [6, 6.07) is 10.8. The standard InChI is InChI=1S/C16H21NOS/c1-11-9-12(2)19-16(11)14(17-3)10-13-7-5-6-8-15(13)18-4/h5-9,14,17H,10H2,1-4H3. The first kappa shape index (κ1) is 14.1. The van der Waals surface area contributed by atoms with Crippen molar-refractivity contribution in [2.75, 3.05) is 14.2 Å². The van der Waals surface area contributed by atoms with Crippen LogP contribution in [0.15, 0.2) is 30.3 Å². The van der Waals surface area contributed by atoms with E-state index in [-0.39, 0.29) is 0 Å². The number of likely N-dealkylation sites (N-methyl/N-ethyl adjacent to an activating group) is 1. The number of hydrogen-bond donors (Lipinski definition) is 1. The van der Waals surface area contributed by atoms with Crippen molar-refractivity contribution < 1.29 is 4.74 Å². The summed E-state index contributed by atoms with van der Waals surface area (Å²) in [5, 5.41) is 3.43. The van der Waals surface area contributed by atoms with Gasteiger partial charge < -0.3 is 10.1 Å². The summed E-state index contributed by atoms with van der Waals surface area (Å²) < 4.78 is 5.44. The van der Waals surface area contributed by atoms with E-state index in [1.54, 1.807) is 7.11 Å². The zero-order chi connectivity index (χ0) is 13.8. The molecule has 2 nitrogen and oxygen atoms in total. The highest BCUT2D eigenvalue weighted by Gasteiger charge is 2.16. The maximum Gasteiger partial charge on any atom is 0.122 e. The summed E-state index contributed by atoms with van der Waals surface area (Å²) in [6.07, 6.45) is 0.946. The number of para-hydroxylation sites is 1. The number of hydrogen-bond acceptors (Lipinski definition) is 3. The fourth-order valence-electron chi connectivity index (χ4n) is 2.42. The van der Waals surface area contributed by atoms with Crippen molar-refractivity contribution in [1.29, 1.82) is 0 Å². The van der Waals surface area contributed by atoms with Gasteiger partial charge in [-0.15, -0.1) is 11.3 Å². The van der Waals surface area contributed by atoms with Crippen molar-refractivity contribution in [2.24, 2.45) is 0 Å². The Bertz CT molecular complexity index is 547. The molecule has 1 atom stereocenters. The molecule has 1 aromatic carbocycles. The van der Waals surface area contributed by atoms with Gasteiger partial charge >= 0.3 is 0 Å². The third kappa shape index (κ3) is 3.17. The molecule has 19 heavy (non-hydrogen) atoms. The Kier molecular flexibility index (Phi) is 4.61. The molecule has 1 N–H and O–H groups in total. The molecule has 0 amide bonds. The van der Waals surface area contributed by atoms with Crippen LogP contribution in [0.4, 0.5) is 0 Å². The Morgan fingerprint density at radius 3 is 2.58 bits per heavy atom. The predicted molar refractivity (Wildman–Crippen MR) is 82.3 cm³/mol. The van der Waals surface area contributed by atoms with E-state index in [4.69, 9.17) is 4.74 Å². The Morgan fingerprint density at radius 2 is 2.00 bits per heavy atom. The molecule has 1 unspecified atom stereocenters. The molecule has 0 aliphatic carbocycles. The highest BCUT2D eigenvalue weighted by atomic mass is 32.1. The summed E-state index contributed by atoms with van der Waals surface area (Å²) in [5.41, 5.74) is 2.62. The molecule has 0 saturated carbocycles. The number of ether oxygens (including phenoxy) is 1. The number of benzene rings is 1. The van der Waals surface area contributed by atoms with E-state index in [1.807, 2.05) is 30.5 Å². The van der Waals surface area contributed by atoms with Crippen molar-refractivity contribution in [2.45, 2.75) is 26.3 Å². The third-order valence-corrected chi connectivity index (χ3v) is 4.63. The first-order valence-electron chi connectivity index (χ1n) is 6.51. The van der Waals surface area contributed by atoms with Crippen molar-refractivity contribution >= 4 is 11.3 Å². The number of aryl methyl sites for hydroxylation is 2. The molecule has 0 radical (unpaired) electrons. The normalized spacial score (nSPS) is 12.4. The lowest BCUT2D eigenvalue weighted by Crippen LogP contribution is -2.18. The van der Waals surface area contributed by atoms with Crippen LogP contribution < -0.4 is 10.1 Å². The topological polar surface area (TPSA) is 21.3 Å². The highest BCUT2D eigenvalue weighted by molar-refractivity contribution is 7.12. The van der Waals surface area contributed by atoms with Gasteiger partial charge in [-0.25, -0.2) is 0 Å². The predicted octanol–water partition coefficient (Wildman–Crippen LogP) is 3.88. The zero-order valence-corrected chi connectivity index (χ0v) is 12.8. The quantitative estimate of drug-likeness (QED) is 0.894. The molecule has 2 rings (SSSR count). The molecule has 0 saturated heterocycles. The van der Waals surface area contributed by atoms with E-state index in [0.717, 1.165) is 12.2 Å². The van der Waals surface area contributed by atoms with Crippen LogP contribution in [0.25, 0.3) is 0 Å². The van der Waals surface area contributed by atoms with E-state index in [0.29, 0.717) is 6.04 Å². The number of thiophene rings is 1. The third-order valence-electron chi connectivity index (χ3n) is 3.36. The molecule has 0 bridgehead atoms. The first-order chi connectivity index (χ1) is 9.15. The van der Waals surface area contributed by atoms with Gasteiger partial charge in [-0.05, 0) is 50.6 Å². The molecular formula is C16H21NOS. The van der Waals surface area contributed by atoms with Gasteiger partial charge in [-0.1, -0.05) is 18.2 Å². The van der Waals surface area contributed by atoms with Crippen LogP contribution in [0.5, 0.6) is 5.75 Å². The van der Waals surface area contributed by atoms with Crippen LogP contribution in [0.3, 0.4) is 0 Å². The average molecular weight is 275 g/mol. The summed E-state index contributed by atoms with van der Waals surface area (Å²) >= 11 is 1.88. The van der Waals surface area contributed by atoms with Crippen molar-refractivity contribution in [3.63, 3.8) is 0 Å². The minimum Gasteiger partial charge on any atom is -0.496 e. The smallest absolute Gasteiger partial charge is 0.122 e. The fourth-order valence-corrected chi connectivity index (χ4v) is 3.57. The molecule has 0 aliphatic rings. The zero-order valence-electron chi connectivity index (χ0n) is 12.0. The summed E-state index contributed by atoms with van der Waals surface area (Å²) in [6.45, 7) is 4.35. The highest BCUT2D eigenvalue weighted by Crippen LogP contribution is 2.31. The van der Waals surface area contributed by atoms with Gasteiger partial charge in [0.2, 0.25) is 0 Å². The van der Waals surface area contributed by atoms with Gasteiger partial charge in [0.05, 0.1) is 7.11 Å². The van der Waals surface area contributed by atoms with Gasteiger partial charge in [0.25, 0.3) is 0 Å². The molecular weight excluding hydrogens is 254 g/mol. The molecule has 2 aromatic rings. The Labute approximate surface area is 119 Å². The lowest BCUT2D eigenvalue weighted by atomic mass is 10.0. The summed E-state index contributed by atoms with van der Waals surface area (Å²) in [5.74, 6) is 0.966. The average Bonchev–Trinajstić information content (AvgIpc) is 2.75. The number of rotatable bonds is 5. The van der Waals surface area contributed by atoms with Gasteiger partial charge in [-0.3, -0.25) is 0 Å². The van der Waals surface area contributed by atoms with Gasteiger partial charge in [0.15, 0.2) is 0 Å². The largest absolute Gasteiger partial charge is 0.496 e. The minimum atomic E-state index is 0.343. The van der Waals surface area contributed by atoms with Gasteiger partial charge in [-0.2, -0.15) is 0 Å². The second-order valence-electron chi connectivity index (χ2n) is 4.76. The van der Waals surface area contributed by atoms with E-state index >= 15 is 0 Å². The number of methoxy groups -OCH3 is 1. The lowest BCUT2D eigenvalue weighted by Gasteiger charge is -2.17. The van der Waals surface area contributed by atoms with Crippen LogP contribution >= 0.6 is 11.3 Å². The second-order valence-corrected chi connectivity index (χ2v) is 6.05. The van der Waals surface area contributed by atoms with E-state index in [1.165, 1.54) is 20.9 Å². The lowest BCUT2D eigenvalue weighted by molar-refractivity contribution is 0.406. The molecule has 102 valence electrons. The summed E-state index contributed by atoms with van der Waals surface area (Å²) in [7, 11) is 3.75. The monoisotopic (exact) mass is 275 g/mol. The molecule has 0 spiro atoms. The molecule has 1 heterocycles. The van der Waals surface area contributed by atoms with Crippen LogP contribution in [-0.4, -0.2) is 14.2 Å². The minimum absolute atomic E-state index is 0.343. The molecule has 0 fully saturated rings. The van der Waals surface area contributed by atoms with Crippen LogP contribution in [0, 0.1) is 13.8 Å². The first-order valence-corrected chi connectivity index (χ1v) is 7.33.